The molecule has 6 nitrogen and oxygen atoms in total. The van der Waals surface area contributed by atoms with Crippen molar-refractivity contribution in [1.29, 1.82) is 0 Å². The number of fused-ring (bicyclic) bond motifs is 9. The van der Waals surface area contributed by atoms with Crippen molar-refractivity contribution >= 4 is 77.1 Å². The molecule has 0 unspecified atom stereocenters. The molecule has 0 aliphatic carbocycles. The van der Waals surface area contributed by atoms with E-state index in [1.165, 1.54) is 10.8 Å². The zero-order valence-corrected chi connectivity index (χ0v) is 39.6. The Balaban J connectivity index is 0.00000492. The fourth-order valence-corrected chi connectivity index (χ4v) is 10.6. The molecular formula is C64H40N5OPd-3. The van der Waals surface area contributed by atoms with Crippen LogP contribution in [0.3, 0.4) is 0 Å². The Kier molecular flexibility index (Phi) is 10.4. The van der Waals surface area contributed by atoms with E-state index in [1.807, 2.05) is 24.4 Å². The molecular weight excluding hydrogens is 961 g/mol. The van der Waals surface area contributed by atoms with Crippen LogP contribution in [0.15, 0.2) is 237 Å². The first-order chi connectivity index (χ1) is 34.7. The molecule has 14 rings (SSSR count). The number of hydrogen-bond donors (Lipinski definition) is 0. The summed E-state index contributed by atoms with van der Waals surface area (Å²) in [4.78, 5) is 9.60. The van der Waals surface area contributed by atoms with E-state index >= 15 is 0 Å². The van der Waals surface area contributed by atoms with Crippen LogP contribution in [0, 0.1) is 18.8 Å². The van der Waals surface area contributed by atoms with Crippen molar-refractivity contribution in [2.75, 3.05) is 9.80 Å². The summed E-state index contributed by atoms with van der Waals surface area (Å²) in [5.41, 5.74) is 13.9. The van der Waals surface area contributed by atoms with Crippen LogP contribution in [0.1, 0.15) is 0 Å². The van der Waals surface area contributed by atoms with Crippen LogP contribution in [0.2, 0.25) is 0 Å². The predicted octanol–water partition coefficient (Wildman–Crippen LogP) is 16.6. The molecule has 340 valence electrons. The van der Waals surface area contributed by atoms with Gasteiger partial charge in [0.2, 0.25) is 0 Å². The van der Waals surface area contributed by atoms with Crippen LogP contribution in [0.25, 0.3) is 88.1 Å². The van der Waals surface area contributed by atoms with Gasteiger partial charge in [0.25, 0.3) is 0 Å². The van der Waals surface area contributed by atoms with Crippen molar-refractivity contribution in [3.63, 3.8) is 0 Å². The van der Waals surface area contributed by atoms with Gasteiger partial charge >= 0.3 is 0 Å². The number of ether oxygens (including phenoxy) is 1. The van der Waals surface area contributed by atoms with E-state index in [0.717, 1.165) is 100 Å². The van der Waals surface area contributed by atoms with E-state index < -0.39 is 0 Å². The molecule has 0 saturated carbocycles. The van der Waals surface area contributed by atoms with Gasteiger partial charge in [-0.15, -0.1) is 48.1 Å². The number of para-hydroxylation sites is 4. The molecule has 4 heterocycles. The monoisotopic (exact) mass is 1000 g/mol. The molecule has 0 amide bonds. The van der Waals surface area contributed by atoms with Crippen molar-refractivity contribution in [1.82, 2.24) is 14.1 Å². The number of pyridine rings is 1. The fourth-order valence-electron chi connectivity index (χ4n) is 10.6. The molecule has 0 spiro atoms. The molecule has 0 saturated heterocycles. The predicted molar refractivity (Wildman–Crippen MR) is 287 cm³/mol. The zero-order chi connectivity index (χ0) is 46.1. The van der Waals surface area contributed by atoms with Gasteiger partial charge in [-0.05, 0) is 52.2 Å². The number of hydrogen-bond acceptors (Lipinski definition) is 4. The van der Waals surface area contributed by atoms with E-state index in [-0.39, 0.29) is 20.4 Å². The molecule has 0 radical (unpaired) electrons. The minimum atomic E-state index is 0. The molecule has 1 aliphatic heterocycles. The normalized spacial score (nSPS) is 12.3. The van der Waals surface area contributed by atoms with E-state index in [4.69, 9.17) is 9.72 Å². The third-order valence-electron chi connectivity index (χ3n) is 13.6. The first kappa shape index (κ1) is 42.4. The molecule has 71 heavy (non-hydrogen) atoms. The molecule has 7 heteroatoms. The van der Waals surface area contributed by atoms with Crippen molar-refractivity contribution in [3.05, 3.63) is 256 Å². The van der Waals surface area contributed by atoms with Crippen molar-refractivity contribution in [2.24, 2.45) is 0 Å². The van der Waals surface area contributed by atoms with Crippen molar-refractivity contribution in [3.8, 4) is 45.3 Å². The van der Waals surface area contributed by atoms with E-state index in [1.54, 1.807) is 0 Å². The first-order valence-electron chi connectivity index (χ1n) is 23.5. The summed E-state index contributed by atoms with van der Waals surface area (Å²) in [5.74, 6) is 1.94. The molecule has 10 aromatic carbocycles. The van der Waals surface area contributed by atoms with Crippen LogP contribution in [0.4, 0.5) is 22.7 Å². The molecule has 0 bridgehead atoms. The third kappa shape index (κ3) is 7.01. The number of rotatable bonds is 8. The summed E-state index contributed by atoms with van der Waals surface area (Å²) < 4.78 is 11.3. The molecule has 13 aromatic rings. The Labute approximate surface area is 424 Å². The first-order valence-corrected chi connectivity index (χ1v) is 23.5. The minimum absolute atomic E-state index is 0. The smallest absolute Gasteiger partial charge is 0.137 e. The maximum absolute atomic E-state index is 6.77. The summed E-state index contributed by atoms with van der Waals surface area (Å²) in [7, 11) is 0. The van der Waals surface area contributed by atoms with Gasteiger partial charge < -0.3 is 23.7 Å². The van der Waals surface area contributed by atoms with Crippen LogP contribution in [-0.4, -0.2) is 14.1 Å². The van der Waals surface area contributed by atoms with Gasteiger partial charge in [-0.3, -0.25) is 0 Å². The largest absolute Gasteiger partial charge is 0.509 e. The molecule has 0 fully saturated rings. The van der Waals surface area contributed by atoms with Gasteiger partial charge in [-0.2, -0.15) is 12.1 Å². The standard InChI is InChI=1S/C64H40N5O.Pd/c1-3-17-43(18-4-1)50-28-16-29-51(44-19-5-2-6-20-44)63(50)67-42-66(60-36-33-45-21-7-8-24-52(45)64(60)67)46-22-15-23-48(39-46)70-49-34-35-56-55-27-11-14-32-59(55)69(61(56)41-49)62-40-47(37-38-65-62)68-57-30-12-9-25-53(57)54-26-10-13-31-58(54)68;/h1-38,40,42H;/q-3;. The van der Waals surface area contributed by atoms with Crippen LogP contribution in [0.5, 0.6) is 11.5 Å². The second-order valence-electron chi connectivity index (χ2n) is 17.6. The van der Waals surface area contributed by atoms with Gasteiger partial charge in [0.1, 0.15) is 5.82 Å². The van der Waals surface area contributed by atoms with Crippen LogP contribution < -0.4 is 14.5 Å². The quantitative estimate of drug-likeness (QED) is 0.112. The minimum Gasteiger partial charge on any atom is -0.509 e. The zero-order valence-electron chi connectivity index (χ0n) is 38.1. The van der Waals surface area contributed by atoms with Crippen LogP contribution in [-0.2, 0) is 20.4 Å². The number of nitrogens with zero attached hydrogens (tertiary/aromatic N) is 5. The van der Waals surface area contributed by atoms with Gasteiger partial charge in [0, 0.05) is 94.0 Å². The Morgan fingerprint density at radius 1 is 0.423 bits per heavy atom. The van der Waals surface area contributed by atoms with Gasteiger partial charge in [-0.25, -0.2) is 4.98 Å². The van der Waals surface area contributed by atoms with Gasteiger partial charge in [0.15, 0.2) is 0 Å². The second-order valence-corrected chi connectivity index (χ2v) is 17.6. The van der Waals surface area contributed by atoms with Crippen molar-refractivity contribution in [2.45, 2.75) is 0 Å². The number of aromatic nitrogens is 3. The summed E-state index contributed by atoms with van der Waals surface area (Å²) >= 11 is 0. The Bertz CT molecular complexity index is 4050. The number of anilines is 4. The average molecular weight is 1000 g/mol. The third-order valence-corrected chi connectivity index (χ3v) is 13.6. The second kappa shape index (κ2) is 17.3. The Morgan fingerprint density at radius 2 is 1.00 bits per heavy atom. The van der Waals surface area contributed by atoms with Gasteiger partial charge in [-0.1, -0.05) is 169 Å². The van der Waals surface area contributed by atoms with E-state index in [0.29, 0.717) is 11.5 Å². The molecule has 1 aliphatic rings. The summed E-state index contributed by atoms with van der Waals surface area (Å²) in [6, 6.07) is 88.4. The van der Waals surface area contributed by atoms with Gasteiger partial charge in [0.05, 0.1) is 16.7 Å². The topological polar surface area (TPSA) is 38.5 Å². The van der Waals surface area contributed by atoms with Crippen molar-refractivity contribution < 1.29 is 25.2 Å². The number of benzene rings is 10. The fraction of sp³-hybridized carbons (Fsp3) is 0. The SMILES string of the molecule is [Pd].[c-]1c(Oc2[c-]c3c(cc2)c2ccccc2n3-c2cc(-n3c4ccccc4c4ccccc43)ccn2)cccc1N1[CH-]N(c2c(-c3ccccc3)cccc2-c2ccccc2)c2c1ccc1ccccc21. The van der Waals surface area contributed by atoms with E-state index in [2.05, 4.69) is 250 Å². The maximum Gasteiger partial charge on any atom is 0.137 e. The maximum atomic E-state index is 6.77. The molecule has 0 N–H and O–H groups in total. The summed E-state index contributed by atoms with van der Waals surface area (Å²) in [6.07, 6.45) is 1.90. The average Bonchev–Trinajstić information content (AvgIpc) is 4.10. The summed E-state index contributed by atoms with van der Waals surface area (Å²) in [5, 5.41) is 6.92. The molecule has 3 aromatic heterocycles. The molecule has 0 atom stereocenters. The van der Waals surface area contributed by atoms with Crippen LogP contribution >= 0.6 is 0 Å². The summed E-state index contributed by atoms with van der Waals surface area (Å²) in [6.45, 7) is 2.21. The van der Waals surface area contributed by atoms with E-state index in [9.17, 15) is 0 Å². The Hall–Kier alpha value is -8.73. The Morgan fingerprint density at radius 3 is 1.69 bits per heavy atom.